The third-order valence-electron chi connectivity index (χ3n) is 3.28. The molecule has 100 valence electrons. The molecule has 2 heterocycles. The normalized spacial score (nSPS) is 16.1. The molecular weight excluding hydrogens is 228 g/mol. The van der Waals surface area contributed by atoms with Gasteiger partial charge in [-0.2, -0.15) is 0 Å². The Kier molecular flexibility index (Phi) is 4.75. The highest BCUT2D eigenvalue weighted by Crippen LogP contribution is 2.07. The summed E-state index contributed by atoms with van der Waals surface area (Å²) in [6, 6.07) is 1.52. The number of likely N-dealkylation sites (tertiary alicyclic amines) is 1. The number of nitrogens with one attached hydrogen (secondary N) is 2. The van der Waals surface area contributed by atoms with Gasteiger partial charge >= 0.3 is 0 Å². The van der Waals surface area contributed by atoms with Crippen LogP contribution in [0, 0.1) is 0 Å². The molecule has 1 aromatic heterocycles. The first-order valence-corrected chi connectivity index (χ1v) is 6.84. The van der Waals surface area contributed by atoms with Crippen LogP contribution >= 0.6 is 0 Å². The van der Waals surface area contributed by atoms with Gasteiger partial charge in [0.1, 0.15) is 11.6 Å². The van der Waals surface area contributed by atoms with Crippen molar-refractivity contribution in [3.05, 3.63) is 22.2 Å². The summed E-state index contributed by atoms with van der Waals surface area (Å²) in [5, 5.41) is 3.23. The van der Waals surface area contributed by atoms with E-state index in [9.17, 15) is 4.79 Å². The predicted octanol–water partition coefficient (Wildman–Crippen LogP) is 1.23. The first-order valence-electron chi connectivity index (χ1n) is 6.84. The second-order valence-electron chi connectivity index (χ2n) is 4.76. The van der Waals surface area contributed by atoms with E-state index in [2.05, 4.69) is 20.2 Å². The summed E-state index contributed by atoms with van der Waals surface area (Å²) in [4.78, 5) is 20.9. The maximum atomic E-state index is 11.4. The van der Waals surface area contributed by atoms with Gasteiger partial charge in [-0.1, -0.05) is 6.92 Å². The molecule has 0 aliphatic carbocycles. The molecule has 0 spiro atoms. The molecule has 0 radical (unpaired) electrons. The zero-order valence-electron chi connectivity index (χ0n) is 11.0. The van der Waals surface area contributed by atoms with Crippen LogP contribution in [0.3, 0.4) is 0 Å². The zero-order chi connectivity index (χ0) is 12.8. The smallest absolute Gasteiger partial charge is 0.252 e. The van der Waals surface area contributed by atoms with E-state index in [1.54, 1.807) is 0 Å². The number of aryl methyl sites for hydroxylation is 1. The maximum absolute atomic E-state index is 11.4. The molecule has 5 nitrogen and oxygen atoms in total. The van der Waals surface area contributed by atoms with Crippen molar-refractivity contribution in [1.82, 2.24) is 14.9 Å². The molecule has 0 saturated carbocycles. The molecular formula is C13H22N4O. The number of H-pyrrole nitrogens is 1. The first-order chi connectivity index (χ1) is 8.78. The second-order valence-corrected chi connectivity index (χ2v) is 4.76. The Hall–Kier alpha value is -1.36. The van der Waals surface area contributed by atoms with Crippen molar-refractivity contribution in [2.24, 2.45) is 0 Å². The fourth-order valence-corrected chi connectivity index (χ4v) is 2.29. The zero-order valence-corrected chi connectivity index (χ0v) is 11.0. The minimum Gasteiger partial charge on any atom is -0.370 e. The summed E-state index contributed by atoms with van der Waals surface area (Å²) in [5.41, 5.74) is -0.0797. The molecule has 18 heavy (non-hydrogen) atoms. The van der Waals surface area contributed by atoms with E-state index in [1.807, 2.05) is 6.92 Å². The van der Waals surface area contributed by atoms with Crippen molar-refractivity contribution in [3.63, 3.8) is 0 Å². The fourth-order valence-electron chi connectivity index (χ4n) is 2.29. The summed E-state index contributed by atoms with van der Waals surface area (Å²) >= 11 is 0. The quantitative estimate of drug-likeness (QED) is 0.746. The van der Waals surface area contributed by atoms with E-state index in [4.69, 9.17) is 0 Å². The van der Waals surface area contributed by atoms with Gasteiger partial charge in [0.25, 0.3) is 5.56 Å². The molecule has 0 amide bonds. The van der Waals surface area contributed by atoms with E-state index in [0.717, 1.165) is 31.8 Å². The lowest BCUT2D eigenvalue weighted by molar-refractivity contribution is 0.337. The van der Waals surface area contributed by atoms with Crippen LogP contribution in [0.15, 0.2) is 10.9 Å². The molecule has 0 aromatic carbocycles. The molecule has 0 bridgehead atoms. The van der Waals surface area contributed by atoms with E-state index in [-0.39, 0.29) is 5.56 Å². The Morgan fingerprint density at radius 2 is 2.22 bits per heavy atom. The molecule has 2 N–H and O–H groups in total. The van der Waals surface area contributed by atoms with Crippen LogP contribution in [0.5, 0.6) is 0 Å². The Morgan fingerprint density at radius 1 is 1.44 bits per heavy atom. The van der Waals surface area contributed by atoms with Crippen LogP contribution in [0.4, 0.5) is 5.82 Å². The highest BCUT2D eigenvalue weighted by Gasteiger charge is 2.10. The standard InChI is InChI=1S/C13H22N4O/c1-2-11-15-12(10-13(18)16-11)14-6-5-9-17-7-3-4-8-17/h10H,2-9H2,1H3,(H2,14,15,16,18). The summed E-state index contributed by atoms with van der Waals surface area (Å²) in [6.07, 6.45) is 4.51. The van der Waals surface area contributed by atoms with Crippen molar-refractivity contribution >= 4 is 5.82 Å². The van der Waals surface area contributed by atoms with Crippen molar-refractivity contribution < 1.29 is 0 Å². The van der Waals surface area contributed by atoms with Crippen LogP contribution < -0.4 is 10.9 Å². The van der Waals surface area contributed by atoms with Crippen LogP contribution in [0.25, 0.3) is 0 Å². The minimum absolute atomic E-state index is 0.0797. The maximum Gasteiger partial charge on any atom is 0.252 e. The number of rotatable bonds is 6. The van der Waals surface area contributed by atoms with E-state index in [0.29, 0.717) is 5.82 Å². The molecule has 1 saturated heterocycles. The molecule has 0 atom stereocenters. The fraction of sp³-hybridized carbons (Fsp3) is 0.692. The molecule has 0 unspecified atom stereocenters. The molecule has 1 aromatic rings. The summed E-state index contributed by atoms with van der Waals surface area (Å²) in [6.45, 7) is 6.47. The molecule has 1 aliphatic rings. The average molecular weight is 250 g/mol. The van der Waals surface area contributed by atoms with Crippen molar-refractivity contribution in [2.45, 2.75) is 32.6 Å². The van der Waals surface area contributed by atoms with Gasteiger partial charge in [-0.05, 0) is 38.9 Å². The van der Waals surface area contributed by atoms with Gasteiger partial charge in [-0.3, -0.25) is 4.79 Å². The number of nitrogens with zero attached hydrogens (tertiary/aromatic N) is 2. The van der Waals surface area contributed by atoms with Crippen molar-refractivity contribution in [1.29, 1.82) is 0 Å². The summed E-state index contributed by atoms with van der Waals surface area (Å²) < 4.78 is 0. The largest absolute Gasteiger partial charge is 0.370 e. The molecule has 2 rings (SSSR count). The van der Waals surface area contributed by atoms with Gasteiger partial charge in [-0.25, -0.2) is 4.98 Å². The number of anilines is 1. The topological polar surface area (TPSA) is 61.0 Å². The number of hydrogen-bond acceptors (Lipinski definition) is 4. The van der Waals surface area contributed by atoms with Gasteiger partial charge in [0.15, 0.2) is 0 Å². The van der Waals surface area contributed by atoms with Crippen LogP contribution in [-0.2, 0) is 6.42 Å². The molecule has 1 fully saturated rings. The highest BCUT2D eigenvalue weighted by molar-refractivity contribution is 5.32. The second kappa shape index (κ2) is 6.54. The molecule has 1 aliphatic heterocycles. The lowest BCUT2D eigenvalue weighted by Gasteiger charge is -2.14. The SMILES string of the molecule is CCc1nc(NCCCN2CCCC2)cc(=O)[nH]1. The van der Waals surface area contributed by atoms with Gasteiger partial charge in [-0.15, -0.1) is 0 Å². The third-order valence-corrected chi connectivity index (χ3v) is 3.28. The van der Waals surface area contributed by atoms with Crippen LogP contribution in [-0.4, -0.2) is 41.0 Å². The lowest BCUT2D eigenvalue weighted by Crippen LogP contribution is -2.22. The van der Waals surface area contributed by atoms with E-state index < -0.39 is 0 Å². The minimum atomic E-state index is -0.0797. The summed E-state index contributed by atoms with van der Waals surface area (Å²) in [7, 11) is 0. The van der Waals surface area contributed by atoms with Crippen molar-refractivity contribution in [3.8, 4) is 0 Å². The van der Waals surface area contributed by atoms with Gasteiger partial charge in [0.05, 0.1) is 0 Å². The third kappa shape index (κ3) is 3.84. The number of hydrogen-bond donors (Lipinski definition) is 2. The van der Waals surface area contributed by atoms with Gasteiger partial charge in [0, 0.05) is 19.0 Å². The monoisotopic (exact) mass is 250 g/mol. The van der Waals surface area contributed by atoms with Crippen LogP contribution in [0.2, 0.25) is 0 Å². The Balaban J connectivity index is 1.75. The number of aromatic amines is 1. The Labute approximate surface area is 108 Å². The molecule has 5 heteroatoms. The highest BCUT2D eigenvalue weighted by atomic mass is 16.1. The Bertz CT molecular complexity index is 423. The number of aromatic nitrogens is 2. The van der Waals surface area contributed by atoms with Crippen molar-refractivity contribution in [2.75, 3.05) is 31.5 Å². The summed E-state index contributed by atoms with van der Waals surface area (Å²) in [5.74, 6) is 1.43. The van der Waals surface area contributed by atoms with E-state index in [1.165, 1.54) is 32.0 Å². The average Bonchev–Trinajstić information content (AvgIpc) is 2.87. The van der Waals surface area contributed by atoms with Crippen LogP contribution in [0.1, 0.15) is 32.0 Å². The lowest BCUT2D eigenvalue weighted by atomic mass is 10.3. The van der Waals surface area contributed by atoms with Gasteiger partial charge < -0.3 is 15.2 Å². The first kappa shape index (κ1) is 13.1. The van der Waals surface area contributed by atoms with E-state index >= 15 is 0 Å². The Morgan fingerprint density at radius 3 is 2.94 bits per heavy atom. The van der Waals surface area contributed by atoms with Gasteiger partial charge in [0.2, 0.25) is 0 Å². The predicted molar refractivity (Wildman–Crippen MR) is 73.0 cm³/mol.